The SMILES string of the molecule is COc1c(C)cccc1NCCCl. The summed E-state index contributed by atoms with van der Waals surface area (Å²) in [6.45, 7) is 2.77. The fourth-order valence-corrected chi connectivity index (χ4v) is 1.34. The summed E-state index contributed by atoms with van der Waals surface area (Å²) in [5.74, 6) is 1.49. The van der Waals surface area contributed by atoms with Crippen LogP contribution in [-0.4, -0.2) is 19.5 Å². The molecule has 0 bridgehead atoms. The molecule has 0 saturated heterocycles. The Hall–Kier alpha value is -0.890. The van der Waals surface area contributed by atoms with E-state index in [4.69, 9.17) is 16.3 Å². The first-order chi connectivity index (χ1) is 6.29. The zero-order valence-electron chi connectivity index (χ0n) is 7.93. The number of aryl methyl sites for hydroxylation is 1. The van der Waals surface area contributed by atoms with E-state index in [2.05, 4.69) is 5.32 Å². The van der Waals surface area contributed by atoms with Crippen molar-refractivity contribution in [3.05, 3.63) is 23.8 Å². The Kier molecular flexibility index (Phi) is 3.90. The Morgan fingerprint density at radius 2 is 2.23 bits per heavy atom. The van der Waals surface area contributed by atoms with Crippen LogP contribution in [0.1, 0.15) is 5.56 Å². The topological polar surface area (TPSA) is 21.3 Å². The molecule has 1 aromatic rings. The van der Waals surface area contributed by atoms with Crippen molar-refractivity contribution in [3.8, 4) is 5.75 Å². The molecular weight excluding hydrogens is 186 g/mol. The summed E-state index contributed by atoms with van der Waals surface area (Å²) in [4.78, 5) is 0. The molecule has 2 nitrogen and oxygen atoms in total. The van der Waals surface area contributed by atoms with Crippen molar-refractivity contribution < 1.29 is 4.74 Å². The number of methoxy groups -OCH3 is 1. The van der Waals surface area contributed by atoms with Gasteiger partial charge in [0.05, 0.1) is 12.8 Å². The zero-order chi connectivity index (χ0) is 9.68. The third kappa shape index (κ3) is 2.52. The Labute approximate surface area is 83.9 Å². The van der Waals surface area contributed by atoms with Crippen LogP contribution in [0.5, 0.6) is 5.75 Å². The Bertz CT molecular complexity index is 276. The van der Waals surface area contributed by atoms with Crippen LogP contribution in [0.15, 0.2) is 18.2 Å². The quantitative estimate of drug-likeness (QED) is 0.753. The molecule has 13 heavy (non-hydrogen) atoms. The van der Waals surface area contributed by atoms with Crippen molar-refractivity contribution in [2.75, 3.05) is 24.9 Å². The molecule has 0 spiro atoms. The highest BCUT2D eigenvalue weighted by Crippen LogP contribution is 2.27. The van der Waals surface area contributed by atoms with Gasteiger partial charge in [0.1, 0.15) is 5.75 Å². The van der Waals surface area contributed by atoms with Crippen LogP contribution in [0.25, 0.3) is 0 Å². The maximum absolute atomic E-state index is 5.58. The molecule has 0 aromatic heterocycles. The van der Waals surface area contributed by atoms with E-state index in [0.29, 0.717) is 5.88 Å². The summed E-state index contributed by atoms with van der Waals surface area (Å²) >= 11 is 5.58. The van der Waals surface area contributed by atoms with E-state index < -0.39 is 0 Å². The van der Waals surface area contributed by atoms with Gasteiger partial charge in [-0.3, -0.25) is 0 Å². The van der Waals surface area contributed by atoms with Crippen LogP contribution < -0.4 is 10.1 Å². The molecule has 1 N–H and O–H groups in total. The molecule has 1 rings (SSSR count). The number of halogens is 1. The summed E-state index contributed by atoms with van der Waals surface area (Å²) in [5, 5.41) is 3.20. The molecule has 72 valence electrons. The van der Waals surface area contributed by atoms with Gasteiger partial charge in [-0.05, 0) is 18.6 Å². The predicted octanol–water partition coefficient (Wildman–Crippen LogP) is 2.65. The summed E-state index contributed by atoms with van der Waals surface area (Å²) < 4.78 is 5.27. The Balaban J connectivity index is 2.85. The summed E-state index contributed by atoms with van der Waals surface area (Å²) in [7, 11) is 1.67. The van der Waals surface area contributed by atoms with E-state index in [0.717, 1.165) is 23.5 Å². The molecule has 0 heterocycles. The minimum Gasteiger partial charge on any atom is -0.494 e. The predicted molar refractivity (Wildman–Crippen MR) is 56.9 cm³/mol. The highest BCUT2D eigenvalue weighted by atomic mass is 35.5. The lowest BCUT2D eigenvalue weighted by molar-refractivity contribution is 0.413. The molecular formula is C10H14ClNO. The summed E-state index contributed by atoms with van der Waals surface area (Å²) in [6, 6.07) is 6.00. The Morgan fingerprint density at radius 1 is 1.46 bits per heavy atom. The molecule has 0 amide bonds. The molecule has 0 saturated carbocycles. The average molecular weight is 200 g/mol. The maximum atomic E-state index is 5.58. The molecule has 0 aliphatic heterocycles. The van der Waals surface area contributed by atoms with E-state index in [1.54, 1.807) is 7.11 Å². The number of hydrogen-bond acceptors (Lipinski definition) is 2. The van der Waals surface area contributed by atoms with Gasteiger partial charge in [0.2, 0.25) is 0 Å². The molecule has 1 aromatic carbocycles. The van der Waals surface area contributed by atoms with E-state index in [9.17, 15) is 0 Å². The van der Waals surface area contributed by atoms with Crippen LogP contribution in [0.2, 0.25) is 0 Å². The molecule has 0 fully saturated rings. The third-order valence-corrected chi connectivity index (χ3v) is 2.01. The second-order valence-corrected chi connectivity index (χ2v) is 3.15. The van der Waals surface area contributed by atoms with E-state index in [-0.39, 0.29) is 0 Å². The van der Waals surface area contributed by atoms with Crippen LogP contribution in [0.4, 0.5) is 5.69 Å². The number of para-hydroxylation sites is 1. The molecule has 3 heteroatoms. The Morgan fingerprint density at radius 3 is 2.85 bits per heavy atom. The minimum atomic E-state index is 0.594. The summed E-state index contributed by atoms with van der Waals surface area (Å²) in [6.07, 6.45) is 0. The largest absolute Gasteiger partial charge is 0.494 e. The van der Waals surface area contributed by atoms with Gasteiger partial charge >= 0.3 is 0 Å². The number of benzene rings is 1. The molecule has 0 aliphatic rings. The molecule has 0 unspecified atom stereocenters. The van der Waals surface area contributed by atoms with Gasteiger partial charge in [-0.1, -0.05) is 12.1 Å². The van der Waals surface area contributed by atoms with Gasteiger partial charge < -0.3 is 10.1 Å². The van der Waals surface area contributed by atoms with Gasteiger partial charge in [-0.15, -0.1) is 11.6 Å². The lowest BCUT2D eigenvalue weighted by atomic mass is 10.2. The van der Waals surface area contributed by atoms with Gasteiger partial charge in [-0.25, -0.2) is 0 Å². The van der Waals surface area contributed by atoms with Crippen molar-refractivity contribution in [3.63, 3.8) is 0 Å². The van der Waals surface area contributed by atoms with E-state index in [1.165, 1.54) is 0 Å². The minimum absolute atomic E-state index is 0.594. The smallest absolute Gasteiger partial charge is 0.144 e. The van der Waals surface area contributed by atoms with Crippen molar-refractivity contribution in [2.24, 2.45) is 0 Å². The first-order valence-electron chi connectivity index (χ1n) is 4.23. The fraction of sp³-hybridized carbons (Fsp3) is 0.400. The first-order valence-corrected chi connectivity index (χ1v) is 4.76. The maximum Gasteiger partial charge on any atom is 0.144 e. The lowest BCUT2D eigenvalue weighted by Crippen LogP contribution is -2.04. The highest BCUT2D eigenvalue weighted by molar-refractivity contribution is 6.18. The number of alkyl halides is 1. The standard InChI is InChI=1S/C10H14ClNO/c1-8-4-3-5-9(10(8)13-2)12-7-6-11/h3-5,12H,6-7H2,1-2H3. The van der Waals surface area contributed by atoms with E-state index in [1.807, 2.05) is 25.1 Å². The van der Waals surface area contributed by atoms with Crippen molar-refractivity contribution in [1.82, 2.24) is 0 Å². The van der Waals surface area contributed by atoms with Gasteiger partial charge in [0.25, 0.3) is 0 Å². The highest BCUT2D eigenvalue weighted by Gasteiger charge is 2.03. The molecule has 0 atom stereocenters. The number of rotatable bonds is 4. The lowest BCUT2D eigenvalue weighted by Gasteiger charge is -2.11. The van der Waals surface area contributed by atoms with Gasteiger partial charge in [-0.2, -0.15) is 0 Å². The molecule has 0 radical (unpaired) electrons. The summed E-state index contributed by atoms with van der Waals surface area (Å²) in [5.41, 5.74) is 2.13. The van der Waals surface area contributed by atoms with Crippen LogP contribution in [0.3, 0.4) is 0 Å². The van der Waals surface area contributed by atoms with Crippen LogP contribution >= 0.6 is 11.6 Å². The van der Waals surface area contributed by atoms with E-state index >= 15 is 0 Å². The third-order valence-electron chi connectivity index (χ3n) is 1.83. The monoisotopic (exact) mass is 199 g/mol. The van der Waals surface area contributed by atoms with Crippen LogP contribution in [-0.2, 0) is 0 Å². The fourth-order valence-electron chi connectivity index (χ4n) is 1.24. The number of nitrogens with one attached hydrogen (secondary N) is 1. The second-order valence-electron chi connectivity index (χ2n) is 2.77. The van der Waals surface area contributed by atoms with Crippen molar-refractivity contribution in [2.45, 2.75) is 6.92 Å². The second kappa shape index (κ2) is 4.97. The number of hydrogen-bond donors (Lipinski definition) is 1. The zero-order valence-corrected chi connectivity index (χ0v) is 8.69. The van der Waals surface area contributed by atoms with Gasteiger partial charge in [0, 0.05) is 12.4 Å². The number of anilines is 1. The number of ether oxygens (including phenoxy) is 1. The van der Waals surface area contributed by atoms with Gasteiger partial charge in [0.15, 0.2) is 0 Å². The normalized spacial score (nSPS) is 9.77. The average Bonchev–Trinajstić information content (AvgIpc) is 2.15. The van der Waals surface area contributed by atoms with Crippen molar-refractivity contribution >= 4 is 17.3 Å². The first kappa shape index (κ1) is 10.2. The molecule has 0 aliphatic carbocycles. The van der Waals surface area contributed by atoms with Crippen LogP contribution in [0, 0.1) is 6.92 Å². The van der Waals surface area contributed by atoms with Crippen molar-refractivity contribution in [1.29, 1.82) is 0 Å².